The zero-order valence-electron chi connectivity index (χ0n) is 17.2. The lowest BCUT2D eigenvalue weighted by Crippen LogP contribution is -2.46. The van der Waals surface area contributed by atoms with Crippen LogP contribution in [0.3, 0.4) is 0 Å². The molecule has 168 valence electrons. The molecule has 0 bridgehead atoms. The molecular formula is C20H24FN3O7. The Balaban J connectivity index is 1.66. The van der Waals surface area contributed by atoms with Crippen LogP contribution in [0.5, 0.6) is 0 Å². The van der Waals surface area contributed by atoms with E-state index in [0.717, 1.165) is 0 Å². The third kappa shape index (κ3) is 3.41. The fourth-order valence-corrected chi connectivity index (χ4v) is 4.46. The quantitative estimate of drug-likeness (QED) is 0.768. The number of aromatic nitrogens is 1. The van der Waals surface area contributed by atoms with Crippen LogP contribution in [-0.2, 0) is 18.9 Å². The number of carbonyl (C=O) groups excluding carboxylic acids is 1. The van der Waals surface area contributed by atoms with Gasteiger partial charge in [0.15, 0.2) is 17.9 Å². The van der Waals surface area contributed by atoms with Gasteiger partial charge in [-0.15, -0.1) is 0 Å². The Morgan fingerprint density at radius 1 is 1.23 bits per heavy atom. The predicted molar refractivity (Wildman–Crippen MR) is 106 cm³/mol. The number of hydrogen-bond acceptors (Lipinski definition) is 9. The van der Waals surface area contributed by atoms with Gasteiger partial charge in [0.25, 0.3) is 0 Å². The van der Waals surface area contributed by atoms with Gasteiger partial charge in [-0.05, 0) is 19.9 Å². The predicted octanol–water partition coefficient (Wildman–Crippen LogP) is 1.94. The second-order valence-corrected chi connectivity index (χ2v) is 8.03. The monoisotopic (exact) mass is 437 g/mol. The van der Waals surface area contributed by atoms with Crippen LogP contribution < -0.4 is 9.80 Å². The molecule has 3 atom stereocenters. The maximum absolute atomic E-state index is 15.9. The minimum atomic E-state index is -0.760. The average molecular weight is 437 g/mol. The van der Waals surface area contributed by atoms with Gasteiger partial charge < -0.3 is 33.5 Å². The topological polar surface area (TPSA) is 107 Å². The van der Waals surface area contributed by atoms with Crippen LogP contribution in [0.25, 0.3) is 11.0 Å². The van der Waals surface area contributed by atoms with Gasteiger partial charge in [0.2, 0.25) is 5.58 Å². The number of benzene rings is 1. The minimum absolute atomic E-state index is 0.00944. The molecule has 4 heterocycles. The lowest BCUT2D eigenvalue weighted by Gasteiger charge is -2.38. The molecule has 0 spiro atoms. The molecule has 10 nitrogen and oxygen atoms in total. The van der Waals surface area contributed by atoms with Gasteiger partial charge in [-0.1, -0.05) is 5.16 Å². The average Bonchev–Trinajstić information content (AvgIpc) is 3.46. The van der Waals surface area contributed by atoms with E-state index in [1.807, 2.05) is 18.7 Å². The van der Waals surface area contributed by atoms with E-state index in [-0.39, 0.29) is 42.2 Å². The van der Waals surface area contributed by atoms with Crippen molar-refractivity contribution in [1.29, 1.82) is 0 Å². The number of halogens is 1. The van der Waals surface area contributed by atoms with Crippen molar-refractivity contribution in [2.75, 3.05) is 49.3 Å². The molecule has 3 aliphatic rings. The minimum Gasteiger partial charge on any atom is -0.447 e. The van der Waals surface area contributed by atoms with Crippen LogP contribution in [0.15, 0.2) is 10.6 Å². The van der Waals surface area contributed by atoms with Gasteiger partial charge in [0, 0.05) is 18.7 Å². The van der Waals surface area contributed by atoms with Crippen molar-refractivity contribution >= 4 is 28.6 Å². The molecule has 0 aliphatic carbocycles. The molecule has 0 unspecified atom stereocenters. The van der Waals surface area contributed by atoms with E-state index >= 15 is 4.39 Å². The Hall–Kier alpha value is -2.47. The highest BCUT2D eigenvalue weighted by molar-refractivity contribution is 6.01. The van der Waals surface area contributed by atoms with E-state index < -0.39 is 24.2 Å². The normalized spacial score (nSPS) is 27.5. The maximum Gasteiger partial charge on any atom is 0.416 e. The fraction of sp³-hybridized carbons (Fsp3) is 0.600. The standard InChI is InChI=1S/C20H24FN3O7/c1-10-6-23(7-11(2)30-10)16-13(19-27-3-4-28-19)5-14-17(15(16)21)31-22-18(14)24-12(8-25)9-29-20(24)26/h5,10-12,19,25H,3-4,6-9H2,1-2H3/t10-,11+,12-/m0/s1. The number of fused-ring (bicyclic) bond motifs is 1. The molecule has 1 aromatic carbocycles. The van der Waals surface area contributed by atoms with Gasteiger partial charge in [-0.3, -0.25) is 0 Å². The SMILES string of the molecule is C[C@@H]1CN(c2c(C3OCCO3)cc3c(N4C(=O)OC[C@@H]4CO)noc3c2F)C[C@H](C)O1. The Labute approximate surface area is 177 Å². The van der Waals surface area contributed by atoms with Crippen molar-refractivity contribution in [3.05, 3.63) is 17.4 Å². The second-order valence-electron chi connectivity index (χ2n) is 8.03. The van der Waals surface area contributed by atoms with E-state index in [9.17, 15) is 9.90 Å². The highest BCUT2D eigenvalue weighted by Crippen LogP contribution is 2.42. The van der Waals surface area contributed by atoms with Gasteiger partial charge in [0.1, 0.15) is 6.61 Å². The Morgan fingerprint density at radius 3 is 2.61 bits per heavy atom. The zero-order valence-corrected chi connectivity index (χ0v) is 17.2. The van der Waals surface area contributed by atoms with Crippen molar-refractivity contribution in [3.8, 4) is 0 Å². The molecule has 3 aliphatic heterocycles. The van der Waals surface area contributed by atoms with Gasteiger partial charge in [-0.25, -0.2) is 14.1 Å². The lowest BCUT2D eigenvalue weighted by atomic mass is 10.0. The number of nitrogens with zero attached hydrogens (tertiary/aromatic N) is 3. The maximum atomic E-state index is 15.9. The molecule has 0 saturated carbocycles. The van der Waals surface area contributed by atoms with E-state index in [2.05, 4.69) is 5.16 Å². The molecule has 1 N–H and O–H groups in total. The first-order valence-electron chi connectivity index (χ1n) is 10.3. The number of aliphatic hydroxyl groups excluding tert-OH is 1. The molecule has 3 saturated heterocycles. The lowest BCUT2D eigenvalue weighted by molar-refractivity contribution is -0.0445. The van der Waals surface area contributed by atoms with Crippen molar-refractivity contribution in [3.63, 3.8) is 0 Å². The summed E-state index contributed by atoms with van der Waals surface area (Å²) in [6.45, 7) is 5.30. The summed E-state index contributed by atoms with van der Waals surface area (Å²) in [6.07, 6.45) is -1.62. The number of anilines is 2. The first-order chi connectivity index (χ1) is 15.0. The largest absolute Gasteiger partial charge is 0.447 e. The van der Waals surface area contributed by atoms with Crippen LogP contribution in [0.2, 0.25) is 0 Å². The van der Waals surface area contributed by atoms with Crippen LogP contribution in [0, 0.1) is 5.82 Å². The molecule has 2 aromatic rings. The van der Waals surface area contributed by atoms with Crippen LogP contribution in [-0.4, -0.2) is 74.1 Å². The summed E-state index contributed by atoms with van der Waals surface area (Å²) >= 11 is 0. The zero-order chi connectivity index (χ0) is 21.7. The van der Waals surface area contributed by atoms with Crippen LogP contribution in [0.1, 0.15) is 25.7 Å². The fourth-order valence-electron chi connectivity index (χ4n) is 4.46. The van der Waals surface area contributed by atoms with Crippen molar-refractivity contribution in [2.24, 2.45) is 0 Å². The smallest absolute Gasteiger partial charge is 0.416 e. The summed E-state index contributed by atoms with van der Waals surface area (Å²) in [5.74, 6) is -0.523. The first kappa shape index (κ1) is 20.4. The number of morpholine rings is 1. The number of amides is 1. The van der Waals surface area contributed by atoms with E-state index in [1.165, 1.54) is 4.90 Å². The highest BCUT2D eigenvalue weighted by Gasteiger charge is 2.39. The van der Waals surface area contributed by atoms with Crippen molar-refractivity contribution in [2.45, 2.75) is 38.4 Å². The molecule has 11 heteroatoms. The Morgan fingerprint density at radius 2 is 1.94 bits per heavy atom. The van der Waals surface area contributed by atoms with E-state index in [4.69, 9.17) is 23.5 Å². The van der Waals surface area contributed by atoms with E-state index in [0.29, 0.717) is 37.6 Å². The summed E-state index contributed by atoms with van der Waals surface area (Å²) in [7, 11) is 0. The number of rotatable bonds is 4. The summed E-state index contributed by atoms with van der Waals surface area (Å²) in [6, 6.07) is 1.05. The van der Waals surface area contributed by atoms with Crippen molar-refractivity contribution in [1.82, 2.24) is 5.16 Å². The third-order valence-corrected chi connectivity index (χ3v) is 5.70. The number of cyclic esters (lactones) is 1. The first-order valence-corrected chi connectivity index (χ1v) is 10.3. The van der Waals surface area contributed by atoms with Gasteiger partial charge >= 0.3 is 6.09 Å². The number of aliphatic hydroxyl groups is 1. The molecule has 0 radical (unpaired) electrons. The molecule has 1 aromatic heterocycles. The Bertz CT molecular complexity index is 983. The van der Waals surface area contributed by atoms with Gasteiger partial charge in [0.05, 0.1) is 49.1 Å². The summed E-state index contributed by atoms with van der Waals surface area (Å²) in [4.78, 5) is 15.3. The second kappa shape index (κ2) is 7.90. The molecule has 1 amide bonds. The van der Waals surface area contributed by atoms with Crippen LogP contribution in [0.4, 0.5) is 20.7 Å². The summed E-state index contributed by atoms with van der Waals surface area (Å²) in [5.41, 5.74) is 0.711. The molecule has 5 rings (SSSR count). The number of hydrogen-bond donors (Lipinski definition) is 1. The summed E-state index contributed by atoms with van der Waals surface area (Å²) in [5, 5.41) is 13.8. The molecule has 31 heavy (non-hydrogen) atoms. The van der Waals surface area contributed by atoms with Crippen molar-refractivity contribution < 1.29 is 37.8 Å². The van der Waals surface area contributed by atoms with Gasteiger partial charge in [-0.2, -0.15) is 0 Å². The molecule has 3 fully saturated rings. The number of ether oxygens (including phenoxy) is 4. The number of carbonyl (C=O) groups is 1. The third-order valence-electron chi connectivity index (χ3n) is 5.70. The Kier molecular flexibility index (Phi) is 5.21. The highest BCUT2D eigenvalue weighted by atomic mass is 19.1. The van der Waals surface area contributed by atoms with E-state index in [1.54, 1.807) is 6.07 Å². The van der Waals surface area contributed by atoms with Crippen LogP contribution >= 0.6 is 0 Å². The molecular weight excluding hydrogens is 413 g/mol. The summed E-state index contributed by atoms with van der Waals surface area (Å²) < 4.78 is 43.4.